The lowest BCUT2D eigenvalue weighted by atomic mass is 10.00. The van der Waals surface area contributed by atoms with Crippen molar-refractivity contribution in [3.05, 3.63) is 200 Å². The Labute approximate surface area is 390 Å². The molecule has 8 rings (SSSR count). The third-order valence-corrected chi connectivity index (χ3v) is 11.7. The number of nitrogens with one attached hydrogen (secondary N) is 1. The topological polar surface area (TPSA) is 114 Å². The van der Waals surface area contributed by atoms with E-state index >= 15 is 0 Å². The van der Waals surface area contributed by atoms with E-state index in [2.05, 4.69) is 66.1 Å². The molecule has 0 aliphatic carbocycles. The van der Waals surface area contributed by atoms with Crippen LogP contribution in [-0.2, 0) is 6.54 Å². The van der Waals surface area contributed by atoms with Crippen LogP contribution < -0.4 is 24.6 Å². The van der Waals surface area contributed by atoms with Gasteiger partial charge in [0, 0.05) is 51.4 Å². The summed E-state index contributed by atoms with van der Waals surface area (Å²) in [5, 5.41) is 22.8. The zero-order chi connectivity index (χ0) is 46.1. The number of nitriles is 2. The number of hydrogen-bond acceptors (Lipinski definition) is 9. The fourth-order valence-corrected chi connectivity index (χ4v) is 8.30. The van der Waals surface area contributed by atoms with Crippen molar-refractivity contribution in [3.63, 3.8) is 0 Å². The van der Waals surface area contributed by atoms with Gasteiger partial charge < -0.3 is 24.6 Å². The van der Waals surface area contributed by atoms with Crippen LogP contribution in [0.15, 0.2) is 133 Å². The monoisotopic (exact) mass is 900 g/mol. The second kappa shape index (κ2) is 23.4. The Morgan fingerprint density at radius 3 is 1.71 bits per heavy atom. The van der Waals surface area contributed by atoms with Crippen molar-refractivity contribution in [1.82, 2.24) is 10.2 Å². The summed E-state index contributed by atoms with van der Waals surface area (Å²) in [4.78, 5) is 23.8. The van der Waals surface area contributed by atoms with E-state index in [0.717, 1.165) is 80.5 Å². The molecule has 2 heterocycles. The number of piperazine rings is 2. The summed E-state index contributed by atoms with van der Waals surface area (Å²) >= 11 is 13.0. The number of hydrogen-bond donors (Lipinski definition) is 1. The van der Waals surface area contributed by atoms with Crippen LogP contribution >= 0.6 is 23.2 Å². The molecule has 6 aromatic carbocycles. The van der Waals surface area contributed by atoms with E-state index < -0.39 is 0 Å². The number of carbonyl (C=O) groups excluding carboxylic acids is 1. The van der Waals surface area contributed by atoms with Gasteiger partial charge in [0.25, 0.3) is 0 Å². The van der Waals surface area contributed by atoms with Gasteiger partial charge >= 0.3 is 0 Å². The highest BCUT2D eigenvalue weighted by Gasteiger charge is 2.30. The lowest BCUT2D eigenvalue weighted by Gasteiger charge is -2.43. The summed E-state index contributed by atoms with van der Waals surface area (Å²) in [5.74, 6) is 1.67. The van der Waals surface area contributed by atoms with Crippen LogP contribution in [-0.4, -0.2) is 64.7 Å². The maximum atomic E-state index is 10.1. The van der Waals surface area contributed by atoms with Gasteiger partial charge in [-0.1, -0.05) is 96.0 Å². The Hall–Kier alpha value is -7.35. The Morgan fingerprint density at radius 1 is 0.692 bits per heavy atom. The minimum absolute atomic E-state index is 0.0757. The van der Waals surface area contributed by atoms with Crippen molar-refractivity contribution in [2.24, 2.45) is 0 Å². The van der Waals surface area contributed by atoms with Gasteiger partial charge in [-0.15, -0.1) is 0 Å². The van der Waals surface area contributed by atoms with Crippen molar-refractivity contribution in [2.75, 3.05) is 63.3 Å². The Kier molecular flexibility index (Phi) is 16.9. The lowest BCUT2D eigenvalue weighted by Crippen LogP contribution is -2.48. The molecule has 11 nitrogen and oxygen atoms in total. The van der Waals surface area contributed by atoms with Gasteiger partial charge in [-0.3, -0.25) is 9.69 Å². The molecule has 2 fully saturated rings. The molecule has 0 amide bonds. The van der Waals surface area contributed by atoms with Gasteiger partial charge in [0.2, 0.25) is 0 Å². The van der Waals surface area contributed by atoms with Crippen LogP contribution in [0.1, 0.15) is 50.3 Å². The maximum Gasteiger partial charge on any atom is 0.187 e. The highest BCUT2D eigenvalue weighted by molar-refractivity contribution is 6.33. The third-order valence-electron chi connectivity index (χ3n) is 11.1. The average Bonchev–Trinajstić information content (AvgIpc) is 3.37. The van der Waals surface area contributed by atoms with E-state index in [1.165, 1.54) is 11.1 Å². The first-order chi connectivity index (χ1) is 31.7. The number of nitrogens with zero attached hydrogens (tertiary/aromatic N) is 7. The first-order valence-electron chi connectivity index (χ1n) is 20.7. The second-order valence-corrected chi connectivity index (χ2v) is 15.9. The summed E-state index contributed by atoms with van der Waals surface area (Å²) in [6.07, 6.45) is 0.758. The number of anilines is 2. The van der Waals surface area contributed by atoms with Crippen molar-refractivity contribution in [3.8, 4) is 23.6 Å². The van der Waals surface area contributed by atoms with Crippen molar-refractivity contribution >= 4 is 52.2 Å². The fourth-order valence-electron chi connectivity index (χ4n) is 7.73. The highest BCUT2D eigenvalue weighted by atomic mass is 35.5. The molecule has 0 radical (unpaired) electrons. The zero-order valence-corrected chi connectivity index (χ0v) is 37.5. The first kappa shape index (κ1) is 47.1. The number of benzene rings is 6. The number of methoxy groups -OCH3 is 2. The molecule has 2 aliphatic heterocycles. The van der Waals surface area contributed by atoms with E-state index in [-0.39, 0.29) is 12.1 Å². The van der Waals surface area contributed by atoms with Crippen LogP contribution in [0.3, 0.4) is 0 Å². The summed E-state index contributed by atoms with van der Waals surface area (Å²) in [6, 6.07) is 46.0. The minimum atomic E-state index is 0.0757. The molecule has 65 heavy (non-hydrogen) atoms. The molecule has 13 heteroatoms. The molecule has 0 saturated carbocycles. The predicted molar refractivity (Wildman–Crippen MR) is 257 cm³/mol. The van der Waals surface area contributed by atoms with Gasteiger partial charge in [-0.25, -0.2) is 9.69 Å². The average molecular weight is 902 g/mol. The maximum absolute atomic E-state index is 10.1. The molecular weight excluding hydrogens is 856 g/mol. The molecule has 6 aromatic rings. The van der Waals surface area contributed by atoms with Crippen LogP contribution in [0.25, 0.3) is 9.69 Å². The highest BCUT2D eigenvalue weighted by Crippen LogP contribution is 2.38. The summed E-state index contributed by atoms with van der Waals surface area (Å²) in [6.45, 7) is 19.6. The largest absolute Gasteiger partial charge is 0.497 e. The molecule has 0 spiro atoms. The number of carbonyl (C=O) groups is 1. The molecule has 0 bridgehead atoms. The van der Waals surface area contributed by atoms with Crippen LogP contribution in [0.4, 0.5) is 22.7 Å². The van der Waals surface area contributed by atoms with Gasteiger partial charge in [0.05, 0.1) is 84.1 Å². The summed E-state index contributed by atoms with van der Waals surface area (Å²) in [5.41, 5.74) is 8.35. The molecule has 1 N–H and O–H groups in total. The first-order valence-corrected chi connectivity index (χ1v) is 21.5. The van der Waals surface area contributed by atoms with E-state index in [9.17, 15) is 10.1 Å². The van der Waals surface area contributed by atoms with Crippen molar-refractivity contribution in [1.29, 1.82) is 10.5 Å². The van der Waals surface area contributed by atoms with Gasteiger partial charge in [-0.05, 0) is 77.4 Å². The van der Waals surface area contributed by atoms with Crippen LogP contribution in [0, 0.1) is 35.8 Å². The van der Waals surface area contributed by atoms with Crippen molar-refractivity contribution < 1.29 is 14.3 Å². The molecule has 326 valence electrons. The second-order valence-electron chi connectivity index (χ2n) is 15.1. The van der Waals surface area contributed by atoms with E-state index in [1.807, 2.05) is 72.8 Å². The van der Waals surface area contributed by atoms with Crippen LogP contribution in [0.5, 0.6) is 11.5 Å². The SMILES string of the molecule is COc1cccc([C@@H]2CNCCN2c2ccc(C#N)cc2Cl)c1.[C-]#[N+]c1ccc(C=O)cc1.[C-]#[N+]c1ccc(CN2CCN(c3ccc(C#N)cc3Cl)[C@H](c3cccc(OC)c3)C2)cc1. The van der Waals surface area contributed by atoms with Gasteiger partial charge in [0.1, 0.15) is 17.8 Å². The van der Waals surface area contributed by atoms with Gasteiger partial charge in [0.15, 0.2) is 11.4 Å². The number of aldehydes is 1. The number of halogens is 2. The lowest BCUT2D eigenvalue weighted by molar-refractivity contribution is 0.112. The predicted octanol–water partition coefficient (Wildman–Crippen LogP) is 11.3. The Bertz CT molecular complexity index is 2740. The molecule has 0 aromatic heterocycles. The van der Waals surface area contributed by atoms with E-state index in [4.69, 9.17) is 51.1 Å². The van der Waals surface area contributed by atoms with E-state index in [0.29, 0.717) is 38.1 Å². The van der Waals surface area contributed by atoms with Gasteiger partial charge in [-0.2, -0.15) is 10.5 Å². The standard InChI is InChI=1S/C26H23ClN4O.C18H18ClN3O.C8H5NO/c1-29-22-9-6-19(7-10-22)17-30-12-13-31(25-11-8-20(16-28)14-24(25)27)26(18-30)21-4-3-5-23(15-21)32-2;1-23-15-4-2-3-14(10-15)18-12-21-7-8-22(18)17-6-5-13(11-20)9-16(17)19;1-9-8-4-2-7(6-10)3-5-8/h3-11,14-15,26H,12-13,17-18H2,2H3;2-6,9-10,18,21H,7-8,12H2,1H3;2-6H/t26-;18-;/m00./s1. The smallest absolute Gasteiger partial charge is 0.187 e. The fraction of sp³-hybridized carbons (Fsp3) is 0.212. The summed E-state index contributed by atoms with van der Waals surface area (Å²) in [7, 11) is 3.35. The number of ether oxygens (including phenoxy) is 2. The Morgan fingerprint density at radius 2 is 1.22 bits per heavy atom. The molecule has 2 saturated heterocycles. The van der Waals surface area contributed by atoms with Crippen molar-refractivity contribution in [2.45, 2.75) is 18.6 Å². The summed E-state index contributed by atoms with van der Waals surface area (Å²) < 4.78 is 10.8. The van der Waals surface area contributed by atoms with E-state index in [1.54, 1.807) is 50.6 Å². The molecule has 2 aliphatic rings. The molecule has 2 atom stereocenters. The molecular formula is C52H46Cl2N8O3. The third kappa shape index (κ3) is 12.4. The Balaban J connectivity index is 0.000000184. The van der Waals surface area contributed by atoms with Crippen LogP contribution in [0.2, 0.25) is 10.0 Å². The minimum Gasteiger partial charge on any atom is -0.497 e. The normalized spacial score (nSPS) is 15.5. The quantitative estimate of drug-likeness (QED) is 0.112. The zero-order valence-electron chi connectivity index (χ0n) is 36.0. The molecule has 0 unspecified atom stereocenters. The number of rotatable bonds is 9.